The van der Waals surface area contributed by atoms with Crippen molar-refractivity contribution in [2.24, 2.45) is 0 Å². The van der Waals surface area contributed by atoms with Crippen molar-refractivity contribution in [3.05, 3.63) is 75.7 Å². The lowest BCUT2D eigenvalue weighted by molar-refractivity contribution is 0.0574. The molecule has 0 saturated carbocycles. The molecule has 6 nitrogen and oxygen atoms in total. The molecule has 0 radical (unpaired) electrons. The number of aliphatic hydroxyl groups is 1. The molecule has 190 valence electrons. The third-order valence-electron chi connectivity index (χ3n) is 6.49. The molecule has 0 bridgehead atoms. The smallest absolute Gasteiger partial charge is 0.254 e. The fourth-order valence-corrected chi connectivity index (χ4v) is 5.24. The number of nitrogens with two attached hydrogens (primary N) is 1. The summed E-state index contributed by atoms with van der Waals surface area (Å²) in [4.78, 5) is 19.2. The number of halogens is 3. The van der Waals surface area contributed by atoms with Crippen molar-refractivity contribution in [2.45, 2.75) is 44.8 Å². The zero-order chi connectivity index (χ0) is 25.8. The normalized spacial score (nSPS) is 16.6. The van der Waals surface area contributed by atoms with Gasteiger partial charge in [0.25, 0.3) is 5.91 Å². The first kappa shape index (κ1) is 26.2. The van der Waals surface area contributed by atoms with E-state index in [1.165, 1.54) is 12.1 Å². The van der Waals surface area contributed by atoms with Crippen LogP contribution in [0.3, 0.4) is 0 Å². The summed E-state index contributed by atoms with van der Waals surface area (Å²) in [6.07, 6.45) is 4.47. The van der Waals surface area contributed by atoms with Gasteiger partial charge in [0.1, 0.15) is 11.9 Å². The predicted octanol–water partition coefficient (Wildman–Crippen LogP) is 6.29. The minimum Gasteiger partial charge on any atom is -0.482 e. The first-order valence-corrected chi connectivity index (χ1v) is 12.6. The highest BCUT2D eigenvalue weighted by atomic mass is 35.5. The van der Waals surface area contributed by atoms with Crippen LogP contribution >= 0.6 is 23.2 Å². The number of anilines is 1. The molecule has 1 aliphatic rings. The zero-order valence-corrected chi connectivity index (χ0v) is 21.4. The van der Waals surface area contributed by atoms with Crippen LogP contribution in [-0.4, -0.2) is 40.1 Å². The highest BCUT2D eigenvalue weighted by Crippen LogP contribution is 2.37. The van der Waals surface area contributed by atoms with E-state index in [0.717, 1.165) is 30.4 Å². The Kier molecular flexibility index (Phi) is 8.34. The van der Waals surface area contributed by atoms with Gasteiger partial charge in [-0.15, -0.1) is 0 Å². The largest absolute Gasteiger partial charge is 0.482 e. The van der Waals surface area contributed by atoms with Crippen molar-refractivity contribution in [3.63, 3.8) is 0 Å². The Bertz CT molecular complexity index is 1240. The Balaban J connectivity index is 1.54. The molecule has 3 N–H and O–H groups in total. The summed E-state index contributed by atoms with van der Waals surface area (Å²) >= 11 is 12.4. The highest BCUT2D eigenvalue weighted by Gasteiger charge is 2.27. The summed E-state index contributed by atoms with van der Waals surface area (Å²) in [5.41, 5.74) is 8.51. The molecular weight excluding hydrogens is 504 g/mol. The van der Waals surface area contributed by atoms with E-state index in [0.29, 0.717) is 29.8 Å². The van der Waals surface area contributed by atoms with Crippen LogP contribution in [0.15, 0.2) is 48.7 Å². The molecule has 9 heteroatoms. The quantitative estimate of drug-likeness (QED) is 0.349. The SMILES string of the molecule is CC(Oc1cc(-c2ccc(C(=O)N3CCCC[C@@H]3CCO)cc2)cnc1N)c1c(Cl)ccc(F)c1Cl. The maximum atomic E-state index is 14.0. The summed E-state index contributed by atoms with van der Waals surface area (Å²) < 4.78 is 20.0. The number of piperidine rings is 1. The van der Waals surface area contributed by atoms with Crippen molar-refractivity contribution in [1.29, 1.82) is 0 Å². The van der Waals surface area contributed by atoms with Gasteiger partial charge in [0.2, 0.25) is 0 Å². The molecule has 1 saturated heterocycles. The molecule has 4 rings (SSSR count). The number of likely N-dealkylation sites (tertiary alicyclic amines) is 1. The lowest BCUT2D eigenvalue weighted by Gasteiger charge is -2.35. The van der Waals surface area contributed by atoms with E-state index in [1.54, 1.807) is 31.3 Å². The minimum atomic E-state index is -0.684. The zero-order valence-electron chi connectivity index (χ0n) is 19.9. The number of aromatic nitrogens is 1. The molecule has 0 aliphatic carbocycles. The lowest BCUT2D eigenvalue weighted by Crippen LogP contribution is -2.44. The van der Waals surface area contributed by atoms with Gasteiger partial charge in [-0.25, -0.2) is 9.37 Å². The van der Waals surface area contributed by atoms with Crippen LogP contribution in [0.4, 0.5) is 10.2 Å². The second-order valence-corrected chi connectivity index (χ2v) is 9.65. The Morgan fingerprint density at radius 2 is 1.97 bits per heavy atom. The average Bonchev–Trinajstić information content (AvgIpc) is 2.88. The second kappa shape index (κ2) is 11.5. The molecular formula is C27H28Cl2FN3O3. The standard InChI is InChI=1S/C27H28Cl2FN3O3/c1-16(24-21(28)9-10-22(30)25(24)29)36-23-14-19(15-32-26(23)31)17-5-7-18(8-6-17)27(35)33-12-3-2-4-20(33)11-13-34/h5-10,14-16,20,34H,2-4,11-13H2,1H3,(H2,31,32)/t16?,20-/m1/s1. The number of nitrogens with zero attached hydrogens (tertiary/aromatic N) is 2. The van der Waals surface area contributed by atoms with Crippen LogP contribution in [0, 0.1) is 5.82 Å². The van der Waals surface area contributed by atoms with E-state index >= 15 is 0 Å². The minimum absolute atomic E-state index is 0.0307. The maximum absolute atomic E-state index is 14.0. The van der Waals surface area contributed by atoms with Crippen molar-refractivity contribution in [2.75, 3.05) is 18.9 Å². The van der Waals surface area contributed by atoms with Crippen molar-refractivity contribution in [3.8, 4) is 16.9 Å². The number of pyridine rings is 1. The van der Waals surface area contributed by atoms with Crippen molar-refractivity contribution in [1.82, 2.24) is 9.88 Å². The van der Waals surface area contributed by atoms with Crippen molar-refractivity contribution >= 4 is 34.9 Å². The number of carbonyl (C=O) groups excluding carboxylic acids is 1. The maximum Gasteiger partial charge on any atom is 0.254 e. The van der Waals surface area contributed by atoms with E-state index in [9.17, 15) is 14.3 Å². The second-order valence-electron chi connectivity index (χ2n) is 8.86. The third-order valence-corrected chi connectivity index (χ3v) is 7.20. The van der Waals surface area contributed by atoms with Gasteiger partial charge in [-0.3, -0.25) is 4.79 Å². The van der Waals surface area contributed by atoms with Gasteiger partial charge in [-0.2, -0.15) is 0 Å². The number of nitrogen functional groups attached to an aromatic ring is 1. The van der Waals surface area contributed by atoms with E-state index in [-0.39, 0.29) is 34.4 Å². The average molecular weight is 532 g/mol. The Morgan fingerprint density at radius 3 is 2.69 bits per heavy atom. The molecule has 2 atom stereocenters. The molecule has 0 spiro atoms. The molecule has 2 heterocycles. The Hall–Kier alpha value is -2.87. The number of amides is 1. The number of aliphatic hydroxyl groups excluding tert-OH is 1. The summed E-state index contributed by atoms with van der Waals surface area (Å²) in [7, 11) is 0. The van der Waals surface area contributed by atoms with Gasteiger partial charge in [-0.1, -0.05) is 35.3 Å². The molecule has 1 aromatic heterocycles. The van der Waals surface area contributed by atoms with Crippen LogP contribution < -0.4 is 10.5 Å². The van der Waals surface area contributed by atoms with Crippen LogP contribution in [-0.2, 0) is 0 Å². The molecule has 2 aromatic carbocycles. The molecule has 1 amide bonds. The fraction of sp³-hybridized carbons (Fsp3) is 0.333. The number of benzene rings is 2. The van der Waals surface area contributed by atoms with Crippen LogP contribution in [0.2, 0.25) is 10.0 Å². The predicted molar refractivity (Wildman–Crippen MR) is 140 cm³/mol. The number of carbonyl (C=O) groups is 1. The molecule has 36 heavy (non-hydrogen) atoms. The summed E-state index contributed by atoms with van der Waals surface area (Å²) in [5.74, 6) is -0.150. The van der Waals surface area contributed by atoms with Gasteiger partial charge in [0, 0.05) is 47.1 Å². The summed E-state index contributed by atoms with van der Waals surface area (Å²) in [6.45, 7) is 2.47. The van der Waals surface area contributed by atoms with Gasteiger partial charge >= 0.3 is 0 Å². The van der Waals surface area contributed by atoms with Crippen molar-refractivity contribution < 1.29 is 19.0 Å². The Morgan fingerprint density at radius 1 is 1.22 bits per heavy atom. The van der Waals surface area contributed by atoms with Crippen LogP contribution in [0.1, 0.15) is 54.6 Å². The molecule has 3 aromatic rings. The first-order valence-electron chi connectivity index (χ1n) is 11.9. The van der Waals surface area contributed by atoms with Crippen LogP contribution in [0.25, 0.3) is 11.1 Å². The van der Waals surface area contributed by atoms with E-state index < -0.39 is 11.9 Å². The summed E-state index contributed by atoms with van der Waals surface area (Å²) in [6, 6.07) is 11.7. The topological polar surface area (TPSA) is 88.7 Å². The fourth-order valence-electron chi connectivity index (χ4n) is 4.56. The van der Waals surface area contributed by atoms with Gasteiger partial charge in [0.05, 0.1) is 5.02 Å². The number of hydrogen-bond acceptors (Lipinski definition) is 5. The van der Waals surface area contributed by atoms with Gasteiger partial charge < -0.3 is 20.5 Å². The van der Waals surface area contributed by atoms with E-state index in [1.807, 2.05) is 17.0 Å². The molecule has 1 unspecified atom stereocenters. The first-order chi connectivity index (χ1) is 17.3. The summed E-state index contributed by atoms with van der Waals surface area (Å²) in [5, 5.41) is 9.54. The Labute approximate surface area is 219 Å². The highest BCUT2D eigenvalue weighted by molar-refractivity contribution is 6.36. The lowest BCUT2D eigenvalue weighted by atomic mass is 9.98. The molecule has 1 aliphatic heterocycles. The third kappa shape index (κ3) is 5.59. The monoisotopic (exact) mass is 531 g/mol. The number of ether oxygens (including phenoxy) is 1. The van der Waals surface area contributed by atoms with Crippen LogP contribution in [0.5, 0.6) is 5.75 Å². The van der Waals surface area contributed by atoms with Gasteiger partial charge in [-0.05, 0) is 68.5 Å². The molecule has 1 fully saturated rings. The number of hydrogen-bond donors (Lipinski definition) is 2. The van der Waals surface area contributed by atoms with E-state index in [4.69, 9.17) is 33.7 Å². The number of rotatable bonds is 7. The van der Waals surface area contributed by atoms with Gasteiger partial charge in [0.15, 0.2) is 11.6 Å². The van der Waals surface area contributed by atoms with E-state index in [2.05, 4.69) is 4.98 Å².